The molecule has 0 unspecified atom stereocenters. The van der Waals surface area contributed by atoms with Crippen LogP contribution in [0.2, 0.25) is 0 Å². The third-order valence-electron chi connectivity index (χ3n) is 5.75. The van der Waals surface area contributed by atoms with E-state index in [1.54, 1.807) is 12.4 Å². The van der Waals surface area contributed by atoms with Gasteiger partial charge in [-0.1, -0.05) is 0 Å². The van der Waals surface area contributed by atoms with Crippen molar-refractivity contribution in [3.8, 4) is 0 Å². The van der Waals surface area contributed by atoms with Crippen molar-refractivity contribution in [1.82, 2.24) is 34.7 Å². The normalized spacial score (nSPS) is 18.5. The van der Waals surface area contributed by atoms with Crippen molar-refractivity contribution in [3.63, 3.8) is 0 Å². The van der Waals surface area contributed by atoms with Crippen molar-refractivity contribution >= 4 is 5.65 Å². The first kappa shape index (κ1) is 15.8. The number of nitrogens with zero attached hydrogens (tertiary/aromatic N) is 7. The maximum absolute atomic E-state index is 4.85. The van der Waals surface area contributed by atoms with Gasteiger partial charge in [0, 0.05) is 24.9 Å². The minimum Gasteiger partial charge on any atom is -0.297 e. The molecule has 1 aliphatic heterocycles. The van der Waals surface area contributed by atoms with Crippen LogP contribution in [0, 0.1) is 6.92 Å². The molecule has 1 fully saturated rings. The first-order chi connectivity index (χ1) is 12.8. The Morgan fingerprint density at radius 2 is 1.92 bits per heavy atom. The minimum atomic E-state index is 0.427. The lowest BCUT2D eigenvalue weighted by Gasteiger charge is -2.30. The lowest BCUT2D eigenvalue weighted by Crippen LogP contribution is -2.33. The van der Waals surface area contributed by atoms with Crippen LogP contribution in [0.1, 0.15) is 53.7 Å². The van der Waals surface area contributed by atoms with Gasteiger partial charge in [-0.3, -0.25) is 14.9 Å². The molecule has 0 radical (unpaired) electrons. The van der Waals surface area contributed by atoms with Gasteiger partial charge in [-0.15, -0.1) is 10.2 Å². The Morgan fingerprint density at radius 3 is 2.77 bits per heavy atom. The van der Waals surface area contributed by atoms with E-state index in [1.807, 2.05) is 11.4 Å². The molecule has 2 aliphatic rings. The van der Waals surface area contributed by atoms with Gasteiger partial charge in [-0.2, -0.15) is 9.61 Å². The van der Waals surface area contributed by atoms with Crippen molar-refractivity contribution < 1.29 is 0 Å². The molecule has 26 heavy (non-hydrogen) atoms. The Labute approximate surface area is 152 Å². The van der Waals surface area contributed by atoms with Crippen molar-refractivity contribution in [1.29, 1.82) is 0 Å². The van der Waals surface area contributed by atoms with Crippen LogP contribution in [0.15, 0.2) is 18.5 Å². The van der Waals surface area contributed by atoms with Gasteiger partial charge in [0.05, 0.1) is 17.1 Å². The number of fused-ring (bicyclic) bond motifs is 2. The Hall–Kier alpha value is -2.41. The molecule has 0 amide bonds. The predicted molar refractivity (Wildman–Crippen MR) is 96.8 cm³/mol. The Kier molecular flexibility index (Phi) is 3.89. The highest BCUT2D eigenvalue weighted by Crippen LogP contribution is 2.29. The molecule has 0 spiro atoms. The number of hydrogen-bond acceptors (Lipinski definition) is 6. The van der Waals surface area contributed by atoms with Gasteiger partial charge in [0.25, 0.3) is 0 Å². The number of piperidine rings is 1. The van der Waals surface area contributed by atoms with E-state index in [2.05, 4.69) is 31.1 Å². The zero-order valence-corrected chi connectivity index (χ0v) is 15.1. The summed E-state index contributed by atoms with van der Waals surface area (Å²) in [6, 6.07) is 2.18. The van der Waals surface area contributed by atoms with Crippen LogP contribution in [0.4, 0.5) is 0 Å². The van der Waals surface area contributed by atoms with Gasteiger partial charge >= 0.3 is 0 Å². The second kappa shape index (κ2) is 6.39. The van der Waals surface area contributed by atoms with Crippen LogP contribution in [0.5, 0.6) is 0 Å². The summed E-state index contributed by atoms with van der Waals surface area (Å²) >= 11 is 0. The summed E-state index contributed by atoms with van der Waals surface area (Å²) in [6.07, 6.45) is 9.11. The molecule has 0 saturated carbocycles. The molecule has 3 aromatic rings. The van der Waals surface area contributed by atoms with Crippen LogP contribution in [-0.4, -0.2) is 47.8 Å². The number of hydrogen-bond donors (Lipinski definition) is 0. The molecular weight excluding hydrogens is 326 g/mol. The maximum atomic E-state index is 4.85. The quantitative estimate of drug-likeness (QED) is 0.721. The van der Waals surface area contributed by atoms with Crippen LogP contribution in [0.25, 0.3) is 5.65 Å². The number of aromatic nitrogens is 6. The van der Waals surface area contributed by atoms with Gasteiger partial charge in [-0.05, 0) is 63.7 Å². The highest BCUT2D eigenvalue weighted by Gasteiger charge is 2.26. The van der Waals surface area contributed by atoms with Crippen LogP contribution < -0.4 is 0 Å². The second-order valence-electron chi connectivity index (χ2n) is 7.44. The molecular formula is C19H23N7. The molecule has 5 rings (SSSR count). The summed E-state index contributed by atoms with van der Waals surface area (Å²) in [6.45, 7) is 4.99. The molecule has 1 aliphatic carbocycles. The molecule has 0 atom stereocenters. The standard InChI is InChI=1S/C19H23N7/c1-13-17(21-8-7-20-13)12-25-9-5-14(6-10-25)19-23-22-18-11-15-3-2-4-16(15)24-26(18)19/h7-8,11,14H,2-6,9-10,12H2,1H3. The molecule has 7 nitrogen and oxygen atoms in total. The third-order valence-corrected chi connectivity index (χ3v) is 5.75. The van der Waals surface area contributed by atoms with Gasteiger partial charge in [0.1, 0.15) is 0 Å². The molecule has 0 aromatic carbocycles. The summed E-state index contributed by atoms with van der Waals surface area (Å²) in [7, 11) is 0. The summed E-state index contributed by atoms with van der Waals surface area (Å²) < 4.78 is 2.00. The van der Waals surface area contributed by atoms with E-state index in [0.29, 0.717) is 5.92 Å². The lowest BCUT2D eigenvalue weighted by atomic mass is 9.96. The fraction of sp³-hybridized carbons (Fsp3) is 0.526. The Balaban J connectivity index is 1.31. The maximum Gasteiger partial charge on any atom is 0.178 e. The Morgan fingerprint density at radius 1 is 1.08 bits per heavy atom. The summed E-state index contributed by atoms with van der Waals surface area (Å²) in [5.41, 5.74) is 5.59. The Bertz CT molecular complexity index is 940. The fourth-order valence-electron chi connectivity index (χ4n) is 4.20. The molecule has 4 heterocycles. The van der Waals surface area contributed by atoms with E-state index in [4.69, 9.17) is 5.10 Å². The molecule has 0 bridgehead atoms. The smallest absolute Gasteiger partial charge is 0.178 e. The average Bonchev–Trinajstić information content (AvgIpc) is 3.28. The zero-order valence-electron chi connectivity index (χ0n) is 15.1. The second-order valence-corrected chi connectivity index (χ2v) is 7.44. The van der Waals surface area contributed by atoms with E-state index in [9.17, 15) is 0 Å². The summed E-state index contributed by atoms with van der Waals surface area (Å²) in [5.74, 6) is 1.46. The first-order valence-electron chi connectivity index (χ1n) is 9.51. The number of likely N-dealkylation sites (tertiary alicyclic amines) is 1. The van der Waals surface area contributed by atoms with Crippen LogP contribution in [-0.2, 0) is 19.4 Å². The largest absolute Gasteiger partial charge is 0.297 e. The molecule has 3 aromatic heterocycles. The minimum absolute atomic E-state index is 0.427. The molecule has 1 saturated heterocycles. The molecule has 0 N–H and O–H groups in total. The van der Waals surface area contributed by atoms with E-state index >= 15 is 0 Å². The monoisotopic (exact) mass is 349 g/mol. The van der Waals surface area contributed by atoms with Crippen molar-refractivity contribution in [2.45, 2.75) is 51.5 Å². The summed E-state index contributed by atoms with van der Waals surface area (Å²) in [5, 5.41) is 13.7. The highest BCUT2D eigenvalue weighted by atomic mass is 15.4. The SMILES string of the molecule is Cc1nccnc1CN1CCC(c2nnc3cc4c(nn23)CCC4)CC1. The lowest BCUT2D eigenvalue weighted by molar-refractivity contribution is 0.198. The van der Waals surface area contributed by atoms with Crippen molar-refractivity contribution in [2.24, 2.45) is 0 Å². The summed E-state index contributed by atoms with van der Waals surface area (Å²) in [4.78, 5) is 11.3. The van der Waals surface area contributed by atoms with Gasteiger partial charge in [-0.25, -0.2) is 0 Å². The van der Waals surface area contributed by atoms with Crippen molar-refractivity contribution in [2.75, 3.05) is 13.1 Å². The predicted octanol–water partition coefficient (Wildman–Crippen LogP) is 2.09. The van der Waals surface area contributed by atoms with Gasteiger partial charge in [0.15, 0.2) is 11.5 Å². The number of aryl methyl sites for hydroxylation is 3. The first-order valence-corrected chi connectivity index (χ1v) is 9.51. The average molecular weight is 349 g/mol. The van der Waals surface area contributed by atoms with Gasteiger partial charge < -0.3 is 0 Å². The zero-order chi connectivity index (χ0) is 17.5. The topological polar surface area (TPSA) is 72.1 Å². The van der Waals surface area contributed by atoms with E-state index in [1.165, 1.54) is 17.7 Å². The fourth-order valence-corrected chi connectivity index (χ4v) is 4.20. The molecule has 7 heteroatoms. The van der Waals surface area contributed by atoms with Crippen molar-refractivity contribution in [3.05, 3.63) is 46.9 Å². The van der Waals surface area contributed by atoms with E-state index in [-0.39, 0.29) is 0 Å². The number of rotatable bonds is 3. The van der Waals surface area contributed by atoms with Crippen LogP contribution >= 0.6 is 0 Å². The van der Waals surface area contributed by atoms with E-state index in [0.717, 1.165) is 68.2 Å². The van der Waals surface area contributed by atoms with Gasteiger partial charge in [0.2, 0.25) is 0 Å². The molecule has 134 valence electrons. The third kappa shape index (κ3) is 2.76. The highest BCUT2D eigenvalue weighted by molar-refractivity contribution is 5.43. The van der Waals surface area contributed by atoms with E-state index < -0.39 is 0 Å². The van der Waals surface area contributed by atoms with Crippen LogP contribution in [0.3, 0.4) is 0 Å².